The van der Waals surface area contributed by atoms with Crippen molar-refractivity contribution in [3.8, 4) is 0 Å². The van der Waals surface area contributed by atoms with Crippen molar-refractivity contribution < 1.29 is 13.2 Å². The van der Waals surface area contributed by atoms with Crippen molar-refractivity contribution in [2.24, 2.45) is 5.73 Å². The van der Waals surface area contributed by atoms with Crippen LogP contribution in [0, 0.1) is 0 Å². The summed E-state index contributed by atoms with van der Waals surface area (Å²) in [4.78, 5) is 11.7. The highest BCUT2D eigenvalue weighted by Crippen LogP contribution is 2.17. The summed E-state index contributed by atoms with van der Waals surface area (Å²) in [5, 5.41) is 3.05. The molecule has 0 heterocycles. The SMILES string of the molecule is C[C@@H](CN)NC(=O)CN(C)S(=O)(=O)c1ccc(Cl)cc1.Cl. The van der Waals surface area contributed by atoms with Gasteiger partial charge >= 0.3 is 0 Å². The smallest absolute Gasteiger partial charge is 0.243 e. The molecule has 0 bridgehead atoms. The molecule has 1 aromatic rings. The highest BCUT2D eigenvalue weighted by atomic mass is 35.5. The molecular formula is C12H19Cl2N3O3S. The lowest BCUT2D eigenvalue weighted by atomic mass is 10.3. The van der Waals surface area contributed by atoms with Gasteiger partial charge in [0, 0.05) is 24.7 Å². The third-order valence-corrected chi connectivity index (χ3v) is 4.72. The minimum absolute atomic E-state index is 0. The van der Waals surface area contributed by atoms with Crippen molar-refractivity contribution in [3.05, 3.63) is 29.3 Å². The summed E-state index contributed by atoms with van der Waals surface area (Å²) in [7, 11) is -2.37. The zero-order valence-corrected chi connectivity index (χ0v) is 14.1. The molecule has 0 aromatic heterocycles. The Morgan fingerprint density at radius 3 is 2.38 bits per heavy atom. The summed E-state index contributed by atoms with van der Waals surface area (Å²) in [6, 6.07) is 5.56. The van der Waals surface area contributed by atoms with E-state index in [-0.39, 0.29) is 29.9 Å². The minimum atomic E-state index is -3.71. The topological polar surface area (TPSA) is 92.5 Å². The first-order valence-corrected chi connectivity index (χ1v) is 7.80. The van der Waals surface area contributed by atoms with E-state index in [1.807, 2.05) is 0 Å². The number of rotatable bonds is 6. The minimum Gasteiger partial charge on any atom is -0.351 e. The van der Waals surface area contributed by atoms with Gasteiger partial charge in [-0.25, -0.2) is 8.42 Å². The third kappa shape index (κ3) is 5.80. The Hall–Kier alpha value is -0.860. The second-order valence-electron chi connectivity index (χ2n) is 4.42. The number of halogens is 2. The van der Waals surface area contributed by atoms with Crippen LogP contribution >= 0.6 is 24.0 Å². The van der Waals surface area contributed by atoms with E-state index in [4.69, 9.17) is 17.3 Å². The van der Waals surface area contributed by atoms with Crippen LogP contribution in [0.3, 0.4) is 0 Å². The number of hydrogen-bond acceptors (Lipinski definition) is 4. The number of nitrogens with one attached hydrogen (secondary N) is 1. The molecule has 9 heteroatoms. The number of hydrogen-bond donors (Lipinski definition) is 2. The Morgan fingerprint density at radius 2 is 1.90 bits per heavy atom. The van der Waals surface area contributed by atoms with Gasteiger partial charge in [0.25, 0.3) is 0 Å². The van der Waals surface area contributed by atoms with Crippen molar-refractivity contribution in [2.45, 2.75) is 17.9 Å². The maximum Gasteiger partial charge on any atom is 0.243 e. The molecule has 0 unspecified atom stereocenters. The number of carbonyl (C=O) groups is 1. The Bertz CT molecular complexity index is 564. The molecule has 21 heavy (non-hydrogen) atoms. The van der Waals surface area contributed by atoms with Crippen molar-refractivity contribution in [1.82, 2.24) is 9.62 Å². The van der Waals surface area contributed by atoms with E-state index in [9.17, 15) is 13.2 Å². The van der Waals surface area contributed by atoms with Gasteiger partial charge in [-0.05, 0) is 31.2 Å². The fraction of sp³-hybridized carbons (Fsp3) is 0.417. The molecule has 0 radical (unpaired) electrons. The Balaban J connectivity index is 0.00000400. The summed E-state index contributed by atoms with van der Waals surface area (Å²) in [5.41, 5.74) is 5.38. The molecule has 1 rings (SSSR count). The Morgan fingerprint density at radius 1 is 1.38 bits per heavy atom. The van der Waals surface area contributed by atoms with Gasteiger partial charge in [-0.15, -0.1) is 12.4 Å². The average molecular weight is 356 g/mol. The second kappa shape index (κ2) is 8.55. The van der Waals surface area contributed by atoms with E-state index >= 15 is 0 Å². The van der Waals surface area contributed by atoms with Gasteiger partial charge in [0.15, 0.2) is 0 Å². The lowest BCUT2D eigenvalue weighted by molar-refractivity contribution is -0.121. The molecule has 3 N–H and O–H groups in total. The van der Waals surface area contributed by atoms with Gasteiger partial charge in [-0.1, -0.05) is 11.6 Å². The summed E-state index contributed by atoms with van der Waals surface area (Å²) in [6.07, 6.45) is 0. The van der Waals surface area contributed by atoms with E-state index in [0.29, 0.717) is 11.6 Å². The van der Waals surface area contributed by atoms with E-state index < -0.39 is 15.9 Å². The summed E-state index contributed by atoms with van der Waals surface area (Å²) in [6.45, 7) is 1.76. The highest BCUT2D eigenvalue weighted by Gasteiger charge is 2.23. The molecule has 1 atom stereocenters. The second-order valence-corrected chi connectivity index (χ2v) is 6.90. The van der Waals surface area contributed by atoms with Gasteiger partial charge in [0.05, 0.1) is 11.4 Å². The molecule has 0 fully saturated rings. The van der Waals surface area contributed by atoms with Gasteiger partial charge in [-0.3, -0.25) is 4.79 Å². The van der Waals surface area contributed by atoms with Crippen molar-refractivity contribution >= 4 is 39.9 Å². The number of likely N-dealkylation sites (N-methyl/N-ethyl adjacent to an activating group) is 1. The van der Waals surface area contributed by atoms with Crippen LogP contribution < -0.4 is 11.1 Å². The maximum atomic E-state index is 12.2. The average Bonchev–Trinajstić information content (AvgIpc) is 2.38. The lowest BCUT2D eigenvalue weighted by Gasteiger charge is -2.18. The number of benzene rings is 1. The van der Waals surface area contributed by atoms with Crippen molar-refractivity contribution in [1.29, 1.82) is 0 Å². The van der Waals surface area contributed by atoms with Gasteiger partial charge < -0.3 is 11.1 Å². The van der Waals surface area contributed by atoms with Crippen LogP contribution in [-0.4, -0.2) is 44.8 Å². The highest BCUT2D eigenvalue weighted by molar-refractivity contribution is 7.89. The summed E-state index contributed by atoms with van der Waals surface area (Å²) in [5.74, 6) is -0.400. The standard InChI is InChI=1S/C12H18ClN3O3S.ClH/c1-9(7-14)15-12(17)8-16(2)20(18,19)11-5-3-10(13)4-6-11;/h3-6,9H,7-8,14H2,1-2H3,(H,15,17);1H/t9-;/m0./s1. The van der Waals surface area contributed by atoms with E-state index in [1.54, 1.807) is 6.92 Å². The quantitative estimate of drug-likeness (QED) is 0.790. The molecule has 0 aliphatic heterocycles. The number of sulfonamides is 1. The van der Waals surface area contributed by atoms with Crippen LogP contribution in [0.2, 0.25) is 5.02 Å². The molecule has 6 nitrogen and oxygen atoms in total. The van der Waals surface area contributed by atoms with Crippen LogP contribution in [0.25, 0.3) is 0 Å². The molecular weight excluding hydrogens is 337 g/mol. The number of nitrogens with two attached hydrogens (primary N) is 1. The molecule has 0 aliphatic carbocycles. The lowest BCUT2D eigenvalue weighted by Crippen LogP contribution is -2.44. The van der Waals surface area contributed by atoms with Crippen LogP contribution in [-0.2, 0) is 14.8 Å². The first-order chi connectivity index (χ1) is 9.27. The van der Waals surface area contributed by atoms with Gasteiger partial charge in [0.2, 0.25) is 15.9 Å². The normalized spacial score (nSPS) is 12.6. The van der Waals surface area contributed by atoms with E-state index in [1.165, 1.54) is 31.3 Å². The van der Waals surface area contributed by atoms with Crippen molar-refractivity contribution in [2.75, 3.05) is 20.1 Å². The van der Waals surface area contributed by atoms with Crippen LogP contribution in [0.1, 0.15) is 6.92 Å². The Kier molecular flexibility index (Phi) is 8.20. The van der Waals surface area contributed by atoms with Crippen LogP contribution in [0.5, 0.6) is 0 Å². The first-order valence-electron chi connectivity index (χ1n) is 5.98. The van der Waals surface area contributed by atoms with Crippen molar-refractivity contribution in [3.63, 3.8) is 0 Å². The molecule has 0 aliphatic rings. The van der Waals surface area contributed by atoms with Crippen LogP contribution in [0.15, 0.2) is 29.2 Å². The van der Waals surface area contributed by atoms with E-state index in [2.05, 4.69) is 5.32 Å². The van der Waals surface area contributed by atoms with Crippen LogP contribution in [0.4, 0.5) is 0 Å². The fourth-order valence-corrected chi connectivity index (χ4v) is 2.71. The number of amides is 1. The molecule has 1 amide bonds. The zero-order valence-electron chi connectivity index (χ0n) is 11.7. The molecule has 0 spiro atoms. The number of carbonyl (C=O) groups excluding carboxylic acids is 1. The molecule has 1 aromatic carbocycles. The first kappa shape index (κ1) is 20.1. The Labute approximate surface area is 136 Å². The van der Waals surface area contributed by atoms with Gasteiger partial charge in [0.1, 0.15) is 0 Å². The predicted octanol–water partition coefficient (Wildman–Crippen LogP) is 0.846. The molecule has 120 valence electrons. The van der Waals surface area contributed by atoms with E-state index in [0.717, 1.165) is 4.31 Å². The monoisotopic (exact) mass is 355 g/mol. The fourth-order valence-electron chi connectivity index (χ4n) is 1.45. The third-order valence-electron chi connectivity index (χ3n) is 2.65. The summed E-state index contributed by atoms with van der Waals surface area (Å²) >= 11 is 5.71. The number of nitrogens with zero attached hydrogens (tertiary/aromatic N) is 1. The summed E-state index contributed by atoms with van der Waals surface area (Å²) < 4.78 is 25.4. The molecule has 0 saturated carbocycles. The largest absolute Gasteiger partial charge is 0.351 e. The maximum absolute atomic E-state index is 12.2. The predicted molar refractivity (Wildman–Crippen MR) is 85.2 cm³/mol. The zero-order chi connectivity index (χ0) is 15.3. The van der Waals surface area contributed by atoms with Gasteiger partial charge in [-0.2, -0.15) is 4.31 Å². The molecule has 0 saturated heterocycles.